The van der Waals surface area contributed by atoms with Gasteiger partial charge in [-0.25, -0.2) is 4.58 Å². The predicted octanol–water partition coefficient (Wildman–Crippen LogP) is 1.57. The zero-order chi connectivity index (χ0) is 7.98. The quantitative estimate of drug-likeness (QED) is 0.361. The van der Waals surface area contributed by atoms with Gasteiger partial charge in [-0.05, 0) is 6.42 Å². The number of allylic oxidation sites excluding steroid dienone is 2. The van der Waals surface area contributed by atoms with Crippen LogP contribution in [0.1, 0.15) is 19.8 Å². The Balaban J connectivity index is 3.79. The van der Waals surface area contributed by atoms with Crippen LogP contribution in [0.4, 0.5) is 0 Å². The van der Waals surface area contributed by atoms with Crippen LogP contribution in [0.25, 0.3) is 0 Å². The normalized spacial score (nSPS) is 11.3. The summed E-state index contributed by atoms with van der Waals surface area (Å²) in [6.07, 6.45) is 5.32. The lowest BCUT2D eigenvalue weighted by molar-refractivity contribution is -0.458. The van der Waals surface area contributed by atoms with Crippen LogP contribution >= 0.6 is 0 Å². The molecule has 0 saturated heterocycles. The molecule has 0 aliphatic heterocycles. The Labute approximate surface area is 62.5 Å². The van der Waals surface area contributed by atoms with Crippen molar-refractivity contribution in [1.82, 2.24) is 0 Å². The summed E-state index contributed by atoms with van der Waals surface area (Å²) < 4.78 is 1.89. The third kappa shape index (κ3) is 5.35. The molecule has 10 heavy (non-hydrogen) atoms. The van der Waals surface area contributed by atoms with Crippen LogP contribution in [0, 0.1) is 0 Å². The van der Waals surface area contributed by atoms with E-state index in [4.69, 9.17) is 5.11 Å². The second-order valence-corrected chi connectivity index (χ2v) is 2.52. The molecule has 0 amide bonds. The van der Waals surface area contributed by atoms with Crippen molar-refractivity contribution < 1.29 is 9.68 Å². The monoisotopic (exact) mass is 142 g/mol. The Morgan fingerprint density at radius 3 is 2.50 bits per heavy atom. The Morgan fingerprint density at radius 2 is 2.10 bits per heavy atom. The van der Waals surface area contributed by atoms with Gasteiger partial charge in [-0.1, -0.05) is 6.92 Å². The predicted molar refractivity (Wildman–Crippen MR) is 43.8 cm³/mol. The minimum atomic E-state index is 0.455. The van der Waals surface area contributed by atoms with Gasteiger partial charge in [-0.2, -0.15) is 0 Å². The van der Waals surface area contributed by atoms with Crippen molar-refractivity contribution in [2.75, 3.05) is 14.1 Å². The van der Waals surface area contributed by atoms with Crippen molar-refractivity contribution in [3.05, 3.63) is 11.8 Å². The average molecular weight is 142 g/mol. The van der Waals surface area contributed by atoms with Crippen LogP contribution in [0.15, 0.2) is 11.8 Å². The summed E-state index contributed by atoms with van der Waals surface area (Å²) in [6, 6.07) is 0. The molecule has 0 rings (SSSR count). The second-order valence-electron chi connectivity index (χ2n) is 2.52. The summed E-state index contributed by atoms with van der Waals surface area (Å²) in [5.74, 6) is 0.455. The first-order valence-corrected chi connectivity index (χ1v) is 3.56. The molecule has 0 heterocycles. The van der Waals surface area contributed by atoms with Crippen molar-refractivity contribution >= 4 is 6.21 Å². The fraction of sp³-hybridized carbons (Fsp3) is 0.625. The van der Waals surface area contributed by atoms with Gasteiger partial charge in [0.1, 0.15) is 14.1 Å². The Morgan fingerprint density at radius 1 is 1.50 bits per heavy atom. The summed E-state index contributed by atoms with van der Waals surface area (Å²) in [5, 5.41) is 9.10. The molecule has 0 aromatic carbocycles. The number of aliphatic hydroxyl groups is 1. The zero-order valence-electron chi connectivity index (χ0n) is 6.96. The van der Waals surface area contributed by atoms with Gasteiger partial charge >= 0.3 is 0 Å². The molecule has 0 aliphatic carbocycles. The third-order valence-electron chi connectivity index (χ3n) is 1.07. The molecule has 1 N–H and O–H groups in total. The van der Waals surface area contributed by atoms with Crippen LogP contribution in [0.5, 0.6) is 0 Å². The van der Waals surface area contributed by atoms with E-state index in [1.54, 1.807) is 6.08 Å². The van der Waals surface area contributed by atoms with Crippen LogP contribution < -0.4 is 0 Å². The SMILES string of the molecule is CCC/C(O)=C/C=[N+](C)C. The van der Waals surface area contributed by atoms with E-state index in [1.165, 1.54) is 0 Å². The van der Waals surface area contributed by atoms with E-state index < -0.39 is 0 Å². The van der Waals surface area contributed by atoms with Gasteiger partial charge in [0.2, 0.25) is 0 Å². The maximum absolute atomic E-state index is 9.10. The molecule has 0 radical (unpaired) electrons. The molecule has 0 aliphatic rings. The molecule has 0 bridgehead atoms. The van der Waals surface area contributed by atoms with E-state index in [1.807, 2.05) is 31.8 Å². The summed E-state index contributed by atoms with van der Waals surface area (Å²) in [6.45, 7) is 2.04. The van der Waals surface area contributed by atoms with Gasteiger partial charge in [0, 0.05) is 12.5 Å². The molecule has 0 atom stereocenters. The molecule has 0 aromatic rings. The highest BCUT2D eigenvalue weighted by atomic mass is 16.3. The Bertz CT molecular complexity index is 143. The molecular formula is C8H16NO+. The van der Waals surface area contributed by atoms with E-state index in [9.17, 15) is 0 Å². The van der Waals surface area contributed by atoms with E-state index in [-0.39, 0.29) is 0 Å². The number of hydrogen-bond acceptors (Lipinski definition) is 1. The molecular weight excluding hydrogens is 126 g/mol. The molecule has 58 valence electrons. The first-order valence-electron chi connectivity index (χ1n) is 3.56. The maximum atomic E-state index is 9.10. The first kappa shape index (κ1) is 9.21. The Kier molecular flexibility index (Phi) is 4.63. The van der Waals surface area contributed by atoms with E-state index in [0.29, 0.717) is 5.76 Å². The molecule has 2 nitrogen and oxygen atoms in total. The van der Waals surface area contributed by atoms with Gasteiger partial charge in [-0.15, -0.1) is 0 Å². The van der Waals surface area contributed by atoms with Gasteiger partial charge in [0.15, 0.2) is 6.21 Å². The van der Waals surface area contributed by atoms with E-state index in [0.717, 1.165) is 12.8 Å². The number of nitrogens with zero attached hydrogens (tertiary/aromatic N) is 1. The average Bonchev–Trinajstić information content (AvgIpc) is 1.85. The van der Waals surface area contributed by atoms with Gasteiger partial charge in [0.25, 0.3) is 0 Å². The number of rotatable bonds is 3. The standard InChI is InChI=1S/C8H15NO/c1-4-5-8(10)6-7-9(2)3/h6-7H,4-5H2,1-3H3/p+1. The van der Waals surface area contributed by atoms with Crippen molar-refractivity contribution in [1.29, 1.82) is 0 Å². The minimum absolute atomic E-state index is 0.455. The lowest BCUT2D eigenvalue weighted by Gasteiger charge is -1.91. The second kappa shape index (κ2) is 5.03. The third-order valence-corrected chi connectivity index (χ3v) is 1.07. The fourth-order valence-electron chi connectivity index (χ4n) is 0.575. The van der Waals surface area contributed by atoms with Crippen molar-refractivity contribution in [2.45, 2.75) is 19.8 Å². The van der Waals surface area contributed by atoms with Gasteiger partial charge in [-0.3, -0.25) is 0 Å². The summed E-state index contributed by atoms with van der Waals surface area (Å²) in [4.78, 5) is 0. The highest BCUT2D eigenvalue weighted by Gasteiger charge is 1.88. The zero-order valence-corrected chi connectivity index (χ0v) is 6.96. The number of aliphatic hydroxyl groups excluding tert-OH is 1. The molecule has 0 spiro atoms. The van der Waals surface area contributed by atoms with E-state index >= 15 is 0 Å². The fourth-order valence-corrected chi connectivity index (χ4v) is 0.575. The van der Waals surface area contributed by atoms with Crippen molar-refractivity contribution in [3.63, 3.8) is 0 Å². The van der Waals surface area contributed by atoms with Crippen molar-refractivity contribution in [3.8, 4) is 0 Å². The number of hydrogen-bond donors (Lipinski definition) is 1. The van der Waals surface area contributed by atoms with Crippen LogP contribution in [0.3, 0.4) is 0 Å². The highest BCUT2D eigenvalue weighted by Crippen LogP contribution is 1.97. The topological polar surface area (TPSA) is 23.2 Å². The summed E-state index contributed by atoms with van der Waals surface area (Å²) >= 11 is 0. The molecule has 0 unspecified atom stereocenters. The molecule has 2 heteroatoms. The van der Waals surface area contributed by atoms with Crippen LogP contribution in [-0.4, -0.2) is 30.0 Å². The smallest absolute Gasteiger partial charge is 0.166 e. The minimum Gasteiger partial charge on any atom is -0.512 e. The molecule has 0 saturated carbocycles. The van der Waals surface area contributed by atoms with E-state index in [2.05, 4.69) is 0 Å². The van der Waals surface area contributed by atoms with Crippen molar-refractivity contribution in [2.24, 2.45) is 0 Å². The summed E-state index contributed by atoms with van der Waals surface area (Å²) in [5.41, 5.74) is 0. The van der Waals surface area contributed by atoms with Gasteiger partial charge < -0.3 is 5.11 Å². The van der Waals surface area contributed by atoms with Crippen LogP contribution in [-0.2, 0) is 0 Å². The summed E-state index contributed by atoms with van der Waals surface area (Å²) in [7, 11) is 3.85. The van der Waals surface area contributed by atoms with Gasteiger partial charge in [0.05, 0.1) is 5.76 Å². The molecule has 0 aromatic heterocycles. The lowest BCUT2D eigenvalue weighted by Crippen LogP contribution is -1.96. The Hall–Kier alpha value is -0.790. The largest absolute Gasteiger partial charge is 0.512 e. The first-order chi connectivity index (χ1) is 4.66. The lowest BCUT2D eigenvalue weighted by atomic mass is 10.3. The highest BCUT2D eigenvalue weighted by molar-refractivity contribution is 5.66. The molecule has 0 fully saturated rings. The maximum Gasteiger partial charge on any atom is 0.166 e. The van der Waals surface area contributed by atoms with Crippen LogP contribution in [0.2, 0.25) is 0 Å².